The van der Waals surface area contributed by atoms with Crippen molar-refractivity contribution in [2.75, 3.05) is 13.1 Å². The number of aromatic carboxylic acids is 1. The van der Waals surface area contributed by atoms with E-state index in [0.717, 1.165) is 18.7 Å². The molecule has 1 aromatic heterocycles. The third kappa shape index (κ3) is 2.44. The quantitative estimate of drug-likeness (QED) is 0.833. The molecule has 0 fully saturated rings. The fourth-order valence-electron chi connectivity index (χ4n) is 2.01. The summed E-state index contributed by atoms with van der Waals surface area (Å²) in [5.41, 5.74) is 1.40. The molecule has 1 heterocycles. The Hall–Kier alpha value is -1.29. The molecule has 0 saturated heterocycles. The fraction of sp³-hybridized carbons (Fsp3) is 0.583. The first-order valence-corrected chi connectivity index (χ1v) is 5.64. The minimum Gasteiger partial charge on any atom is -0.477 e. The van der Waals surface area contributed by atoms with Gasteiger partial charge in [0.1, 0.15) is 5.69 Å². The van der Waals surface area contributed by atoms with Crippen LogP contribution in [0.25, 0.3) is 0 Å². The largest absolute Gasteiger partial charge is 0.477 e. The van der Waals surface area contributed by atoms with Crippen molar-refractivity contribution in [2.45, 2.75) is 26.8 Å². The predicted molar refractivity (Wildman–Crippen MR) is 63.7 cm³/mol. The van der Waals surface area contributed by atoms with Gasteiger partial charge in [-0.3, -0.25) is 4.90 Å². The molecule has 1 atom stereocenters. The smallest absolute Gasteiger partial charge is 0.352 e. The highest BCUT2D eigenvalue weighted by Gasteiger charge is 2.17. The number of carboxylic acids is 1. The molecule has 0 aliphatic heterocycles. The molecular formula is C12H20N2O2. The van der Waals surface area contributed by atoms with Crippen molar-refractivity contribution in [2.24, 2.45) is 7.05 Å². The van der Waals surface area contributed by atoms with Crippen LogP contribution in [0.1, 0.15) is 42.9 Å². The van der Waals surface area contributed by atoms with Gasteiger partial charge in [-0.05, 0) is 31.6 Å². The highest BCUT2D eigenvalue weighted by Crippen LogP contribution is 2.21. The Bertz CT molecular complexity index is 367. The monoisotopic (exact) mass is 224 g/mol. The van der Waals surface area contributed by atoms with Crippen LogP contribution in [0, 0.1) is 0 Å². The molecule has 4 heteroatoms. The summed E-state index contributed by atoms with van der Waals surface area (Å²) in [5.74, 6) is -0.875. The summed E-state index contributed by atoms with van der Waals surface area (Å²) in [5, 5.41) is 8.98. The number of aromatic nitrogens is 1. The van der Waals surface area contributed by atoms with Gasteiger partial charge in [0, 0.05) is 19.3 Å². The second-order valence-corrected chi connectivity index (χ2v) is 3.97. The first-order chi connectivity index (χ1) is 7.51. The van der Waals surface area contributed by atoms with E-state index in [-0.39, 0.29) is 6.04 Å². The van der Waals surface area contributed by atoms with Gasteiger partial charge in [0.05, 0.1) is 0 Å². The Balaban J connectivity index is 2.96. The lowest BCUT2D eigenvalue weighted by molar-refractivity contribution is 0.0686. The van der Waals surface area contributed by atoms with Crippen LogP contribution in [0.5, 0.6) is 0 Å². The van der Waals surface area contributed by atoms with Crippen molar-refractivity contribution in [1.82, 2.24) is 9.47 Å². The van der Waals surface area contributed by atoms with Crippen LogP contribution < -0.4 is 0 Å². The third-order valence-electron chi connectivity index (χ3n) is 3.09. The van der Waals surface area contributed by atoms with Gasteiger partial charge in [-0.1, -0.05) is 13.8 Å². The second-order valence-electron chi connectivity index (χ2n) is 3.97. The third-order valence-corrected chi connectivity index (χ3v) is 3.09. The van der Waals surface area contributed by atoms with Gasteiger partial charge in [0.15, 0.2) is 0 Å². The van der Waals surface area contributed by atoms with Crippen LogP contribution >= 0.6 is 0 Å². The summed E-state index contributed by atoms with van der Waals surface area (Å²) in [6, 6.07) is 2.01. The molecular weight excluding hydrogens is 204 g/mol. The van der Waals surface area contributed by atoms with Crippen molar-refractivity contribution in [3.05, 3.63) is 23.5 Å². The van der Waals surface area contributed by atoms with E-state index in [1.165, 1.54) is 0 Å². The van der Waals surface area contributed by atoms with Crippen LogP contribution in [0.4, 0.5) is 0 Å². The molecule has 0 bridgehead atoms. The van der Waals surface area contributed by atoms with E-state index < -0.39 is 5.97 Å². The molecule has 0 amide bonds. The van der Waals surface area contributed by atoms with Crippen LogP contribution in [0.15, 0.2) is 12.3 Å². The molecule has 1 rings (SSSR count). The molecule has 1 unspecified atom stereocenters. The molecule has 90 valence electrons. The van der Waals surface area contributed by atoms with Crippen molar-refractivity contribution in [3.63, 3.8) is 0 Å². The average molecular weight is 224 g/mol. The van der Waals surface area contributed by atoms with Gasteiger partial charge in [0.2, 0.25) is 0 Å². The maximum atomic E-state index is 10.9. The van der Waals surface area contributed by atoms with Crippen molar-refractivity contribution in [3.8, 4) is 0 Å². The summed E-state index contributed by atoms with van der Waals surface area (Å²) >= 11 is 0. The van der Waals surface area contributed by atoms with Gasteiger partial charge in [-0.2, -0.15) is 0 Å². The molecule has 0 radical (unpaired) electrons. The van der Waals surface area contributed by atoms with Crippen LogP contribution in [0.3, 0.4) is 0 Å². The maximum Gasteiger partial charge on any atom is 0.352 e. The molecule has 0 aliphatic rings. The van der Waals surface area contributed by atoms with Crippen LogP contribution in [-0.4, -0.2) is 33.6 Å². The van der Waals surface area contributed by atoms with E-state index in [9.17, 15) is 4.79 Å². The Labute approximate surface area is 96.5 Å². The highest BCUT2D eigenvalue weighted by atomic mass is 16.4. The summed E-state index contributed by atoms with van der Waals surface area (Å²) in [6.07, 6.45) is 1.90. The summed E-state index contributed by atoms with van der Waals surface area (Å²) in [4.78, 5) is 13.2. The Morgan fingerprint density at radius 2 is 2.06 bits per heavy atom. The lowest BCUT2D eigenvalue weighted by Crippen LogP contribution is -2.26. The second kappa shape index (κ2) is 5.16. The number of nitrogens with zero attached hydrogens (tertiary/aromatic N) is 2. The van der Waals surface area contributed by atoms with Crippen molar-refractivity contribution in [1.29, 1.82) is 0 Å². The zero-order valence-corrected chi connectivity index (χ0v) is 10.4. The van der Waals surface area contributed by atoms with Gasteiger partial charge < -0.3 is 9.67 Å². The number of hydrogen-bond acceptors (Lipinski definition) is 2. The van der Waals surface area contributed by atoms with Crippen LogP contribution in [-0.2, 0) is 7.05 Å². The molecule has 1 N–H and O–H groups in total. The van der Waals surface area contributed by atoms with Gasteiger partial charge in [-0.15, -0.1) is 0 Å². The van der Waals surface area contributed by atoms with E-state index in [2.05, 4.69) is 25.7 Å². The molecule has 0 spiro atoms. The number of rotatable bonds is 5. The minimum absolute atomic E-state index is 0.259. The summed E-state index contributed by atoms with van der Waals surface area (Å²) in [6.45, 7) is 8.26. The molecule has 4 nitrogen and oxygen atoms in total. The van der Waals surface area contributed by atoms with E-state index in [0.29, 0.717) is 5.69 Å². The summed E-state index contributed by atoms with van der Waals surface area (Å²) in [7, 11) is 1.77. The Morgan fingerprint density at radius 1 is 1.50 bits per heavy atom. The molecule has 0 aromatic carbocycles. The lowest BCUT2D eigenvalue weighted by atomic mass is 10.1. The zero-order chi connectivity index (χ0) is 12.3. The zero-order valence-electron chi connectivity index (χ0n) is 10.4. The minimum atomic E-state index is -0.875. The lowest BCUT2D eigenvalue weighted by Gasteiger charge is -2.25. The fourth-order valence-corrected chi connectivity index (χ4v) is 2.01. The van der Waals surface area contributed by atoms with Crippen LogP contribution in [0.2, 0.25) is 0 Å². The molecule has 0 aliphatic carbocycles. The standard InChI is InChI=1S/C12H20N2O2/c1-5-14(6-2)9(3)10-7-11(12(15)16)13(4)8-10/h7-9H,5-6H2,1-4H3,(H,15,16). The number of carbonyl (C=O) groups is 1. The Kier molecular flexibility index (Phi) is 4.12. The molecule has 16 heavy (non-hydrogen) atoms. The van der Waals surface area contributed by atoms with Gasteiger partial charge >= 0.3 is 5.97 Å². The SMILES string of the molecule is CCN(CC)C(C)c1cc(C(=O)O)n(C)c1. The van der Waals surface area contributed by atoms with E-state index in [4.69, 9.17) is 5.11 Å². The van der Waals surface area contributed by atoms with Gasteiger partial charge in [-0.25, -0.2) is 4.79 Å². The maximum absolute atomic E-state index is 10.9. The normalized spacial score (nSPS) is 13.1. The average Bonchev–Trinajstić information content (AvgIpc) is 2.62. The van der Waals surface area contributed by atoms with Crippen molar-refractivity contribution < 1.29 is 9.90 Å². The molecule has 1 aromatic rings. The first kappa shape index (κ1) is 12.8. The Morgan fingerprint density at radius 3 is 2.44 bits per heavy atom. The predicted octanol–water partition coefficient (Wildman–Crippen LogP) is 2.13. The highest BCUT2D eigenvalue weighted by molar-refractivity contribution is 5.86. The number of hydrogen-bond donors (Lipinski definition) is 1. The molecule has 0 saturated carbocycles. The number of aryl methyl sites for hydroxylation is 1. The summed E-state index contributed by atoms with van der Waals surface area (Å²) < 4.78 is 1.66. The number of carboxylic acid groups (broad SMARTS) is 1. The van der Waals surface area contributed by atoms with E-state index >= 15 is 0 Å². The first-order valence-electron chi connectivity index (χ1n) is 5.64. The van der Waals surface area contributed by atoms with E-state index in [1.807, 2.05) is 6.20 Å². The van der Waals surface area contributed by atoms with Crippen molar-refractivity contribution >= 4 is 5.97 Å². The van der Waals surface area contributed by atoms with E-state index in [1.54, 1.807) is 17.7 Å². The van der Waals surface area contributed by atoms with Gasteiger partial charge in [0.25, 0.3) is 0 Å². The topological polar surface area (TPSA) is 45.5 Å².